The van der Waals surface area contributed by atoms with E-state index < -0.39 is 12.0 Å². The molecule has 1 heterocycles. The Morgan fingerprint density at radius 1 is 1.44 bits per heavy atom. The molecule has 1 aliphatic rings. The molecule has 16 heavy (non-hydrogen) atoms. The number of benzene rings is 1. The molecule has 0 fully saturated rings. The van der Waals surface area contributed by atoms with E-state index in [0.29, 0.717) is 6.54 Å². The number of aliphatic carboxylic acids is 1. The molecule has 1 aromatic rings. The van der Waals surface area contributed by atoms with Crippen LogP contribution in [-0.2, 0) is 17.8 Å². The number of carbonyl (C=O) groups is 1. The molecule has 4 nitrogen and oxygen atoms in total. The van der Waals surface area contributed by atoms with Gasteiger partial charge in [-0.25, -0.2) is 0 Å². The fourth-order valence-corrected chi connectivity index (χ4v) is 2.19. The number of carboxylic acid groups (broad SMARTS) is 1. The summed E-state index contributed by atoms with van der Waals surface area (Å²) in [7, 11) is 0. The molecule has 4 heteroatoms. The number of nitrogens with zero attached hydrogens (tertiary/aromatic N) is 1. The lowest BCUT2D eigenvalue weighted by Crippen LogP contribution is -2.48. The highest BCUT2D eigenvalue weighted by atomic mass is 16.4. The molecule has 1 aromatic carbocycles. The zero-order valence-corrected chi connectivity index (χ0v) is 9.10. The molecule has 0 radical (unpaired) electrons. The number of hydrogen-bond donors (Lipinski definition) is 2. The normalized spacial score (nSPS) is 17.8. The van der Waals surface area contributed by atoms with Gasteiger partial charge in [0.2, 0.25) is 0 Å². The van der Waals surface area contributed by atoms with Gasteiger partial charge < -0.3 is 10.8 Å². The van der Waals surface area contributed by atoms with Gasteiger partial charge in [0, 0.05) is 19.6 Å². The molecule has 0 aromatic heterocycles. The van der Waals surface area contributed by atoms with Crippen molar-refractivity contribution < 1.29 is 9.90 Å². The van der Waals surface area contributed by atoms with Gasteiger partial charge in [-0.05, 0) is 17.5 Å². The SMILES string of the molecule is NCC(C(=O)O)N1CCc2ccccc2C1. The van der Waals surface area contributed by atoms with Crippen LogP contribution in [0.1, 0.15) is 11.1 Å². The van der Waals surface area contributed by atoms with Crippen molar-refractivity contribution in [3.05, 3.63) is 35.4 Å². The van der Waals surface area contributed by atoms with Crippen LogP contribution in [0.15, 0.2) is 24.3 Å². The zero-order chi connectivity index (χ0) is 11.5. The van der Waals surface area contributed by atoms with Crippen molar-refractivity contribution in [2.24, 2.45) is 5.73 Å². The molecular weight excluding hydrogens is 204 g/mol. The van der Waals surface area contributed by atoms with Gasteiger partial charge in [-0.2, -0.15) is 0 Å². The van der Waals surface area contributed by atoms with E-state index in [4.69, 9.17) is 10.8 Å². The van der Waals surface area contributed by atoms with Crippen LogP contribution >= 0.6 is 0 Å². The molecule has 0 saturated heterocycles. The topological polar surface area (TPSA) is 66.6 Å². The number of fused-ring (bicyclic) bond motifs is 1. The third kappa shape index (κ3) is 2.08. The molecule has 0 amide bonds. The minimum atomic E-state index is -0.832. The second-order valence-electron chi connectivity index (χ2n) is 4.08. The average Bonchev–Trinajstić information content (AvgIpc) is 2.29. The van der Waals surface area contributed by atoms with Gasteiger partial charge in [0.15, 0.2) is 0 Å². The third-order valence-corrected chi connectivity index (χ3v) is 3.11. The third-order valence-electron chi connectivity index (χ3n) is 3.11. The van der Waals surface area contributed by atoms with Gasteiger partial charge in [-0.3, -0.25) is 9.69 Å². The summed E-state index contributed by atoms with van der Waals surface area (Å²) in [6.45, 7) is 1.62. The minimum absolute atomic E-state index is 0.164. The Morgan fingerprint density at radius 3 is 2.75 bits per heavy atom. The summed E-state index contributed by atoms with van der Waals surface area (Å²) in [6, 6.07) is 7.60. The summed E-state index contributed by atoms with van der Waals surface area (Å²) >= 11 is 0. The Balaban J connectivity index is 2.15. The molecule has 0 aliphatic carbocycles. The van der Waals surface area contributed by atoms with E-state index in [0.717, 1.165) is 13.0 Å². The first-order valence-corrected chi connectivity index (χ1v) is 5.46. The number of nitrogens with two attached hydrogens (primary N) is 1. The van der Waals surface area contributed by atoms with Gasteiger partial charge in [0.05, 0.1) is 0 Å². The van der Waals surface area contributed by atoms with Gasteiger partial charge in [-0.1, -0.05) is 24.3 Å². The number of rotatable bonds is 3. The van der Waals surface area contributed by atoms with Gasteiger partial charge in [0.1, 0.15) is 6.04 Å². The van der Waals surface area contributed by atoms with Crippen molar-refractivity contribution in [2.75, 3.05) is 13.1 Å². The monoisotopic (exact) mass is 220 g/mol. The zero-order valence-electron chi connectivity index (χ0n) is 9.10. The van der Waals surface area contributed by atoms with Crippen molar-refractivity contribution in [3.63, 3.8) is 0 Å². The fourth-order valence-electron chi connectivity index (χ4n) is 2.19. The first-order valence-electron chi connectivity index (χ1n) is 5.46. The van der Waals surface area contributed by atoms with Crippen LogP contribution in [0.3, 0.4) is 0 Å². The Labute approximate surface area is 94.7 Å². The smallest absolute Gasteiger partial charge is 0.322 e. The molecule has 86 valence electrons. The summed E-state index contributed by atoms with van der Waals surface area (Å²) in [5, 5.41) is 9.05. The predicted molar refractivity (Wildman–Crippen MR) is 61.0 cm³/mol. The summed E-state index contributed by atoms with van der Waals surface area (Å²) in [4.78, 5) is 13.0. The molecule has 1 unspecified atom stereocenters. The summed E-state index contributed by atoms with van der Waals surface area (Å²) in [6.07, 6.45) is 0.903. The molecule has 0 saturated carbocycles. The lowest BCUT2D eigenvalue weighted by molar-refractivity contribution is -0.143. The second kappa shape index (κ2) is 4.63. The Morgan fingerprint density at radius 2 is 2.12 bits per heavy atom. The lowest BCUT2D eigenvalue weighted by Gasteiger charge is -2.32. The highest BCUT2D eigenvalue weighted by Crippen LogP contribution is 2.19. The maximum Gasteiger partial charge on any atom is 0.322 e. The molecular formula is C12H16N2O2. The maximum absolute atomic E-state index is 11.0. The number of hydrogen-bond acceptors (Lipinski definition) is 3. The maximum atomic E-state index is 11.0. The highest BCUT2D eigenvalue weighted by Gasteiger charge is 2.27. The molecule has 1 aliphatic heterocycles. The summed E-state index contributed by atoms with van der Waals surface area (Å²) in [5.74, 6) is -0.832. The standard InChI is InChI=1S/C12H16N2O2/c13-7-11(12(15)16)14-6-5-9-3-1-2-4-10(9)8-14/h1-4,11H,5-8,13H2,(H,15,16). The summed E-state index contributed by atoms with van der Waals surface area (Å²) in [5.41, 5.74) is 8.04. The Hall–Kier alpha value is -1.39. The average molecular weight is 220 g/mol. The largest absolute Gasteiger partial charge is 0.480 e. The van der Waals surface area contributed by atoms with Crippen molar-refractivity contribution >= 4 is 5.97 Å². The van der Waals surface area contributed by atoms with E-state index in [2.05, 4.69) is 12.1 Å². The van der Waals surface area contributed by atoms with Gasteiger partial charge in [-0.15, -0.1) is 0 Å². The highest BCUT2D eigenvalue weighted by molar-refractivity contribution is 5.73. The second-order valence-corrected chi connectivity index (χ2v) is 4.08. The minimum Gasteiger partial charge on any atom is -0.480 e. The van der Waals surface area contributed by atoms with E-state index in [1.165, 1.54) is 11.1 Å². The first kappa shape index (κ1) is 11.1. The van der Waals surface area contributed by atoms with Crippen LogP contribution < -0.4 is 5.73 Å². The van der Waals surface area contributed by atoms with Crippen LogP contribution in [0.4, 0.5) is 0 Å². The van der Waals surface area contributed by atoms with Crippen LogP contribution in [-0.4, -0.2) is 35.1 Å². The Kier molecular flexibility index (Phi) is 3.22. The molecule has 0 bridgehead atoms. The van der Waals surface area contributed by atoms with Crippen molar-refractivity contribution in [1.29, 1.82) is 0 Å². The fraction of sp³-hybridized carbons (Fsp3) is 0.417. The van der Waals surface area contributed by atoms with E-state index in [1.807, 2.05) is 17.0 Å². The number of carboxylic acids is 1. The van der Waals surface area contributed by atoms with Crippen molar-refractivity contribution in [1.82, 2.24) is 4.90 Å². The first-order chi connectivity index (χ1) is 7.72. The van der Waals surface area contributed by atoms with Crippen molar-refractivity contribution in [3.8, 4) is 0 Å². The van der Waals surface area contributed by atoms with Crippen molar-refractivity contribution in [2.45, 2.75) is 19.0 Å². The van der Waals surface area contributed by atoms with Crippen LogP contribution in [0.5, 0.6) is 0 Å². The van der Waals surface area contributed by atoms with Crippen LogP contribution in [0, 0.1) is 0 Å². The van der Waals surface area contributed by atoms with Gasteiger partial charge >= 0.3 is 5.97 Å². The molecule has 2 rings (SSSR count). The van der Waals surface area contributed by atoms with Gasteiger partial charge in [0.25, 0.3) is 0 Å². The molecule has 0 spiro atoms. The van der Waals surface area contributed by atoms with E-state index >= 15 is 0 Å². The Bertz CT molecular complexity index is 392. The van der Waals surface area contributed by atoms with E-state index in [-0.39, 0.29) is 6.54 Å². The lowest BCUT2D eigenvalue weighted by atomic mass is 9.98. The predicted octanol–water partition coefficient (Wildman–Crippen LogP) is 0.457. The van der Waals surface area contributed by atoms with Crippen LogP contribution in [0.25, 0.3) is 0 Å². The summed E-state index contributed by atoms with van der Waals surface area (Å²) < 4.78 is 0. The van der Waals surface area contributed by atoms with E-state index in [1.54, 1.807) is 0 Å². The van der Waals surface area contributed by atoms with Crippen LogP contribution in [0.2, 0.25) is 0 Å². The van der Waals surface area contributed by atoms with E-state index in [9.17, 15) is 4.79 Å². The molecule has 1 atom stereocenters. The molecule has 3 N–H and O–H groups in total. The quantitative estimate of drug-likeness (QED) is 0.776.